The van der Waals surface area contributed by atoms with E-state index in [1.807, 2.05) is 19.1 Å². The second-order valence-corrected chi connectivity index (χ2v) is 6.82. The molecule has 1 aliphatic heterocycles. The monoisotopic (exact) mass is 325 g/mol. The number of para-hydroxylation sites is 1. The number of anilines is 1. The van der Waals surface area contributed by atoms with Crippen LogP contribution in [0, 0.1) is 6.92 Å². The molecule has 24 heavy (non-hydrogen) atoms. The summed E-state index contributed by atoms with van der Waals surface area (Å²) in [4.78, 5) is 7.15. The van der Waals surface area contributed by atoms with Crippen LogP contribution in [0.1, 0.15) is 25.5 Å². The third-order valence-electron chi connectivity index (χ3n) is 4.59. The van der Waals surface area contributed by atoms with Gasteiger partial charge in [0.05, 0.1) is 7.11 Å². The Morgan fingerprint density at radius 1 is 1.38 bits per heavy atom. The standard InChI is InChI=1S/C20H27N3O/c1-14(2)13-23-10-8-16(9-11-23)22-18-12-15(3)21-20-17(18)6-5-7-19(20)24-4/h5-7,12,16H,1,8-11,13H2,2-4H3,(H,21,22). The van der Waals surface area contributed by atoms with E-state index in [2.05, 4.69) is 40.8 Å². The van der Waals surface area contributed by atoms with Gasteiger partial charge in [-0.3, -0.25) is 4.90 Å². The molecule has 2 aromatic rings. The van der Waals surface area contributed by atoms with E-state index in [9.17, 15) is 0 Å². The number of fused-ring (bicyclic) bond motifs is 1. The SMILES string of the molecule is C=C(C)CN1CCC(Nc2cc(C)nc3c(OC)cccc23)CC1. The molecule has 0 radical (unpaired) electrons. The molecule has 0 atom stereocenters. The zero-order chi connectivity index (χ0) is 17.1. The molecule has 1 aliphatic rings. The van der Waals surface area contributed by atoms with Crippen LogP contribution in [0.2, 0.25) is 0 Å². The summed E-state index contributed by atoms with van der Waals surface area (Å²) < 4.78 is 5.47. The molecule has 1 fully saturated rings. The van der Waals surface area contributed by atoms with Gasteiger partial charge in [0, 0.05) is 42.4 Å². The van der Waals surface area contributed by atoms with Gasteiger partial charge in [0.25, 0.3) is 0 Å². The number of hydrogen-bond acceptors (Lipinski definition) is 4. The van der Waals surface area contributed by atoms with Crippen molar-refractivity contribution in [2.45, 2.75) is 32.7 Å². The zero-order valence-corrected chi connectivity index (χ0v) is 14.9. The first-order valence-electron chi connectivity index (χ1n) is 8.64. The lowest BCUT2D eigenvalue weighted by atomic mass is 10.0. The molecule has 0 saturated carbocycles. The van der Waals surface area contributed by atoms with Crippen molar-refractivity contribution in [3.63, 3.8) is 0 Å². The van der Waals surface area contributed by atoms with E-state index in [1.165, 1.54) is 5.57 Å². The molecule has 1 aromatic carbocycles. The van der Waals surface area contributed by atoms with Crippen LogP contribution >= 0.6 is 0 Å². The minimum absolute atomic E-state index is 0.502. The number of aryl methyl sites for hydroxylation is 1. The summed E-state index contributed by atoms with van der Waals surface area (Å²) in [6.07, 6.45) is 2.31. The van der Waals surface area contributed by atoms with Crippen LogP contribution in [0.3, 0.4) is 0 Å². The fourth-order valence-electron chi connectivity index (χ4n) is 3.47. The van der Waals surface area contributed by atoms with E-state index in [-0.39, 0.29) is 0 Å². The van der Waals surface area contributed by atoms with Crippen LogP contribution in [0.25, 0.3) is 10.9 Å². The summed E-state index contributed by atoms with van der Waals surface area (Å²) in [6.45, 7) is 11.4. The lowest BCUT2D eigenvalue weighted by Gasteiger charge is -2.33. The molecule has 0 amide bonds. The Kier molecular flexibility index (Phi) is 5.05. The predicted octanol–water partition coefficient (Wildman–Crippen LogP) is 4.00. The highest BCUT2D eigenvalue weighted by Gasteiger charge is 2.20. The van der Waals surface area contributed by atoms with Crippen molar-refractivity contribution in [2.75, 3.05) is 32.1 Å². The van der Waals surface area contributed by atoms with E-state index in [0.29, 0.717) is 6.04 Å². The van der Waals surface area contributed by atoms with Crippen molar-refractivity contribution in [2.24, 2.45) is 0 Å². The van der Waals surface area contributed by atoms with Gasteiger partial charge >= 0.3 is 0 Å². The lowest BCUT2D eigenvalue weighted by Crippen LogP contribution is -2.39. The van der Waals surface area contributed by atoms with E-state index >= 15 is 0 Å². The summed E-state index contributed by atoms with van der Waals surface area (Å²) in [5.41, 5.74) is 4.34. The zero-order valence-electron chi connectivity index (χ0n) is 14.9. The quantitative estimate of drug-likeness (QED) is 0.843. The maximum atomic E-state index is 5.47. The van der Waals surface area contributed by atoms with Gasteiger partial charge in [0.2, 0.25) is 0 Å². The lowest BCUT2D eigenvalue weighted by molar-refractivity contribution is 0.236. The van der Waals surface area contributed by atoms with Crippen molar-refractivity contribution in [1.29, 1.82) is 0 Å². The smallest absolute Gasteiger partial charge is 0.145 e. The number of pyridine rings is 1. The molecule has 4 heteroatoms. The number of benzene rings is 1. The maximum Gasteiger partial charge on any atom is 0.145 e. The number of methoxy groups -OCH3 is 1. The number of aromatic nitrogens is 1. The van der Waals surface area contributed by atoms with E-state index in [0.717, 1.165) is 60.5 Å². The van der Waals surface area contributed by atoms with E-state index < -0.39 is 0 Å². The van der Waals surface area contributed by atoms with Crippen LogP contribution in [0.15, 0.2) is 36.4 Å². The highest BCUT2D eigenvalue weighted by molar-refractivity contribution is 5.95. The first-order chi connectivity index (χ1) is 11.6. The molecular weight excluding hydrogens is 298 g/mol. The van der Waals surface area contributed by atoms with Crippen LogP contribution in [0.4, 0.5) is 5.69 Å². The fraction of sp³-hybridized carbons (Fsp3) is 0.450. The molecule has 2 heterocycles. The van der Waals surface area contributed by atoms with Crippen LogP contribution in [-0.4, -0.2) is 42.7 Å². The average molecular weight is 325 g/mol. The highest BCUT2D eigenvalue weighted by atomic mass is 16.5. The van der Waals surface area contributed by atoms with Crippen LogP contribution < -0.4 is 10.1 Å². The normalized spacial score (nSPS) is 16.3. The molecule has 1 saturated heterocycles. The highest BCUT2D eigenvalue weighted by Crippen LogP contribution is 2.31. The summed E-state index contributed by atoms with van der Waals surface area (Å²) in [7, 11) is 1.70. The number of nitrogens with zero attached hydrogens (tertiary/aromatic N) is 2. The Labute approximate surface area is 144 Å². The van der Waals surface area contributed by atoms with Gasteiger partial charge in [0.15, 0.2) is 0 Å². The average Bonchev–Trinajstić information content (AvgIpc) is 2.55. The second kappa shape index (κ2) is 7.22. The molecular formula is C20H27N3O. The Morgan fingerprint density at radius 3 is 2.79 bits per heavy atom. The molecule has 128 valence electrons. The summed E-state index contributed by atoms with van der Waals surface area (Å²) >= 11 is 0. The third-order valence-corrected chi connectivity index (χ3v) is 4.59. The molecule has 1 aromatic heterocycles. The Morgan fingerprint density at radius 2 is 2.12 bits per heavy atom. The maximum absolute atomic E-state index is 5.47. The summed E-state index contributed by atoms with van der Waals surface area (Å²) in [5, 5.41) is 4.87. The molecule has 3 rings (SSSR count). The van der Waals surface area contributed by atoms with Gasteiger partial charge in [-0.25, -0.2) is 4.98 Å². The van der Waals surface area contributed by atoms with Crippen LogP contribution in [0.5, 0.6) is 5.75 Å². The van der Waals surface area contributed by atoms with Crippen molar-refractivity contribution in [1.82, 2.24) is 9.88 Å². The van der Waals surface area contributed by atoms with Gasteiger partial charge in [-0.2, -0.15) is 0 Å². The molecule has 4 nitrogen and oxygen atoms in total. The molecule has 0 spiro atoms. The topological polar surface area (TPSA) is 37.4 Å². The van der Waals surface area contributed by atoms with Gasteiger partial charge in [0.1, 0.15) is 11.3 Å². The number of nitrogens with one attached hydrogen (secondary N) is 1. The largest absolute Gasteiger partial charge is 0.494 e. The van der Waals surface area contributed by atoms with Crippen molar-refractivity contribution in [3.8, 4) is 5.75 Å². The van der Waals surface area contributed by atoms with E-state index in [1.54, 1.807) is 7.11 Å². The fourth-order valence-corrected chi connectivity index (χ4v) is 3.47. The number of rotatable bonds is 5. The van der Waals surface area contributed by atoms with Crippen molar-refractivity contribution in [3.05, 3.63) is 42.1 Å². The third kappa shape index (κ3) is 3.70. The first kappa shape index (κ1) is 16.8. The number of piperidine rings is 1. The van der Waals surface area contributed by atoms with Crippen LogP contribution in [-0.2, 0) is 0 Å². The second-order valence-electron chi connectivity index (χ2n) is 6.82. The predicted molar refractivity (Wildman–Crippen MR) is 101 cm³/mol. The summed E-state index contributed by atoms with van der Waals surface area (Å²) in [5.74, 6) is 0.829. The minimum atomic E-state index is 0.502. The Hall–Kier alpha value is -2.07. The Bertz CT molecular complexity index is 733. The summed E-state index contributed by atoms with van der Waals surface area (Å²) in [6, 6.07) is 8.75. The molecule has 0 aliphatic carbocycles. The van der Waals surface area contributed by atoms with Crippen molar-refractivity contribution >= 4 is 16.6 Å². The van der Waals surface area contributed by atoms with Crippen molar-refractivity contribution < 1.29 is 4.74 Å². The molecule has 1 N–H and O–H groups in total. The Balaban J connectivity index is 1.77. The molecule has 0 bridgehead atoms. The minimum Gasteiger partial charge on any atom is -0.494 e. The van der Waals surface area contributed by atoms with Gasteiger partial charge in [-0.1, -0.05) is 24.3 Å². The number of likely N-dealkylation sites (tertiary alicyclic amines) is 1. The van der Waals surface area contributed by atoms with E-state index in [4.69, 9.17) is 4.74 Å². The number of hydrogen-bond donors (Lipinski definition) is 1. The first-order valence-corrected chi connectivity index (χ1v) is 8.64. The van der Waals surface area contributed by atoms with Gasteiger partial charge in [-0.05, 0) is 38.8 Å². The molecule has 0 unspecified atom stereocenters. The van der Waals surface area contributed by atoms with Gasteiger partial charge in [-0.15, -0.1) is 0 Å². The number of ether oxygens (including phenoxy) is 1. The van der Waals surface area contributed by atoms with Gasteiger partial charge < -0.3 is 10.1 Å².